The van der Waals surface area contributed by atoms with Crippen molar-refractivity contribution in [3.05, 3.63) is 42.1 Å². The van der Waals surface area contributed by atoms with Crippen molar-refractivity contribution in [1.82, 2.24) is 25.3 Å². The minimum Gasteiger partial charge on any atom is -0.356 e. The summed E-state index contributed by atoms with van der Waals surface area (Å²) in [5.41, 5.74) is 3.03. The third-order valence-electron chi connectivity index (χ3n) is 3.94. The zero-order valence-electron chi connectivity index (χ0n) is 17.3. The highest BCUT2D eigenvalue weighted by Gasteiger charge is 2.11. The molecule has 0 aliphatic heterocycles. The standard InChI is InChI=1S/C20H30N6O.HI/c1-15(2)11-21-20(23-13-18(27)25(3)4)22-12-17-14-26(5)24-19(17)16-9-7-6-8-10-16;/h6-10,14-15H,11-13H2,1-5H3,(H2,21,22,23);1H. The molecule has 0 aliphatic carbocycles. The molecule has 1 aromatic carbocycles. The van der Waals surface area contributed by atoms with Gasteiger partial charge in [-0.3, -0.25) is 9.48 Å². The average molecular weight is 498 g/mol. The zero-order chi connectivity index (χ0) is 19.8. The molecule has 2 N–H and O–H groups in total. The summed E-state index contributed by atoms with van der Waals surface area (Å²) in [7, 11) is 5.39. The Balaban J connectivity index is 0.00000392. The van der Waals surface area contributed by atoms with Gasteiger partial charge in [-0.05, 0) is 5.92 Å². The Morgan fingerprint density at radius 2 is 1.89 bits per heavy atom. The van der Waals surface area contributed by atoms with E-state index in [-0.39, 0.29) is 36.4 Å². The number of carbonyl (C=O) groups excluding carboxylic acids is 1. The highest BCUT2D eigenvalue weighted by Crippen LogP contribution is 2.22. The van der Waals surface area contributed by atoms with E-state index in [4.69, 9.17) is 0 Å². The van der Waals surface area contributed by atoms with E-state index in [1.165, 1.54) is 0 Å². The summed E-state index contributed by atoms with van der Waals surface area (Å²) in [6.07, 6.45) is 1.98. The zero-order valence-corrected chi connectivity index (χ0v) is 19.6. The summed E-state index contributed by atoms with van der Waals surface area (Å²) in [6, 6.07) is 10.1. The molecule has 0 fully saturated rings. The fourth-order valence-electron chi connectivity index (χ4n) is 2.45. The van der Waals surface area contributed by atoms with Crippen molar-refractivity contribution in [2.45, 2.75) is 20.4 Å². The Bertz CT molecular complexity index is 770. The molecule has 2 aromatic rings. The van der Waals surface area contributed by atoms with Crippen molar-refractivity contribution in [1.29, 1.82) is 0 Å². The summed E-state index contributed by atoms with van der Waals surface area (Å²) < 4.78 is 1.80. The maximum atomic E-state index is 11.9. The van der Waals surface area contributed by atoms with Crippen LogP contribution in [0.25, 0.3) is 11.3 Å². The van der Waals surface area contributed by atoms with Gasteiger partial charge in [-0.25, -0.2) is 4.99 Å². The van der Waals surface area contributed by atoms with Gasteiger partial charge in [-0.15, -0.1) is 24.0 Å². The summed E-state index contributed by atoms with van der Waals surface area (Å²) in [4.78, 5) is 18.1. The van der Waals surface area contributed by atoms with Crippen molar-refractivity contribution in [3.63, 3.8) is 0 Å². The first-order chi connectivity index (χ1) is 12.9. The van der Waals surface area contributed by atoms with Crippen LogP contribution in [0.5, 0.6) is 0 Å². The Labute approximate surface area is 184 Å². The van der Waals surface area contributed by atoms with Gasteiger partial charge in [-0.2, -0.15) is 5.10 Å². The normalized spacial score (nSPS) is 11.1. The molecule has 0 atom stereocenters. The van der Waals surface area contributed by atoms with Gasteiger partial charge < -0.3 is 15.5 Å². The number of carbonyl (C=O) groups is 1. The van der Waals surface area contributed by atoms with Crippen LogP contribution in [-0.2, 0) is 18.4 Å². The van der Waals surface area contributed by atoms with Crippen LogP contribution < -0.4 is 10.6 Å². The minimum atomic E-state index is 0. The number of halogens is 1. The fourth-order valence-corrected chi connectivity index (χ4v) is 2.45. The Hall–Kier alpha value is -2.10. The van der Waals surface area contributed by atoms with Crippen LogP contribution >= 0.6 is 24.0 Å². The highest BCUT2D eigenvalue weighted by molar-refractivity contribution is 14.0. The molecule has 0 bridgehead atoms. The second-order valence-corrected chi connectivity index (χ2v) is 7.12. The summed E-state index contributed by atoms with van der Waals surface area (Å²) in [6.45, 7) is 5.71. The summed E-state index contributed by atoms with van der Waals surface area (Å²) >= 11 is 0. The quantitative estimate of drug-likeness (QED) is 0.350. The average Bonchev–Trinajstić information content (AvgIpc) is 3.02. The third kappa shape index (κ3) is 7.49. The van der Waals surface area contributed by atoms with Crippen molar-refractivity contribution in [2.24, 2.45) is 18.0 Å². The van der Waals surface area contributed by atoms with Crippen LogP contribution in [0.15, 0.2) is 41.5 Å². The number of hydrogen-bond acceptors (Lipinski definition) is 3. The maximum absolute atomic E-state index is 11.9. The first-order valence-corrected chi connectivity index (χ1v) is 9.17. The lowest BCUT2D eigenvalue weighted by atomic mass is 10.1. The van der Waals surface area contributed by atoms with Crippen LogP contribution in [-0.4, -0.2) is 53.7 Å². The molecule has 154 valence electrons. The van der Waals surface area contributed by atoms with Crippen LogP contribution in [0.2, 0.25) is 0 Å². The van der Waals surface area contributed by atoms with Gasteiger partial charge in [0.05, 0.1) is 18.8 Å². The molecule has 0 saturated carbocycles. The van der Waals surface area contributed by atoms with Crippen molar-refractivity contribution >= 4 is 35.8 Å². The molecule has 2 rings (SSSR count). The predicted molar refractivity (Wildman–Crippen MR) is 125 cm³/mol. The molecule has 28 heavy (non-hydrogen) atoms. The molecule has 1 aromatic heterocycles. The monoisotopic (exact) mass is 498 g/mol. The first kappa shape index (κ1) is 23.9. The number of rotatable bonds is 7. The van der Waals surface area contributed by atoms with E-state index < -0.39 is 0 Å². The predicted octanol–water partition coefficient (Wildman–Crippen LogP) is 2.48. The molecule has 7 nitrogen and oxygen atoms in total. The number of guanidine groups is 1. The lowest BCUT2D eigenvalue weighted by Crippen LogP contribution is -2.44. The number of aliphatic imine (C=N–C) groups is 1. The van der Waals surface area contributed by atoms with Crippen LogP contribution in [0.3, 0.4) is 0 Å². The molecule has 8 heteroatoms. The fraction of sp³-hybridized carbons (Fsp3) is 0.450. The van der Waals surface area contributed by atoms with Gasteiger partial charge in [0.15, 0.2) is 5.96 Å². The van der Waals surface area contributed by atoms with E-state index in [1.54, 1.807) is 23.7 Å². The number of hydrogen-bond donors (Lipinski definition) is 2. The number of aryl methyl sites for hydroxylation is 1. The largest absolute Gasteiger partial charge is 0.356 e. The SMILES string of the molecule is CC(C)CNC(=NCc1cn(C)nc1-c1ccccc1)NCC(=O)N(C)C.I. The second kappa shape index (κ2) is 11.7. The van der Waals surface area contributed by atoms with E-state index in [2.05, 4.69) is 34.6 Å². The Morgan fingerprint density at radius 3 is 2.50 bits per heavy atom. The van der Waals surface area contributed by atoms with E-state index in [9.17, 15) is 4.79 Å². The molecule has 0 radical (unpaired) electrons. The van der Waals surface area contributed by atoms with Gasteiger partial charge in [0.2, 0.25) is 5.91 Å². The molecule has 1 amide bonds. The molecular formula is C20H31IN6O. The van der Waals surface area contributed by atoms with Crippen LogP contribution in [0, 0.1) is 5.92 Å². The first-order valence-electron chi connectivity index (χ1n) is 9.17. The van der Waals surface area contributed by atoms with E-state index in [0.29, 0.717) is 18.4 Å². The lowest BCUT2D eigenvalue weighted by Gasteiger charge is -2.16. The van der Waals surface area contributed by atoms with Gasteiger partial charge >= 0.3 is 0 Å². The van der Waals surface area contributed by atoms with Gasteiger partial charge in [0.25, 0.3) is 0 Å². The molecule has 1 heterocycles. The molecule has 0 saturated heterocycles. The number of amides is 1. The van der Waals surface area contributed by atoms with E-state index in [0.717, 1.165) is 23.4 Å². The topological polar surface area (TPSA) is 74.5 Å². The molecule has 0 spiro atoms. The van der Waals surface area contributed by atoms with Crippen LogP contribution in [0.1, 0.15) is 19.4 Å². The number of nitrogens with one attached hydrogen (secondary N) is 2. The minimum absolute atomic E-state index is 0. The Kier molecular flexibility index (Phi) is 9.98. The number of likely N-dealkylation sites (N-methyl/N-ethyl adjacent to an activating group) is 1. The second-order valence-electron chi connectivity index (χ2n) is 7.12. The van der Waals surface area contributed by atoms with E-state index >= 15 is 0 Å². The molecule has 0 unspecified atom stereocenters. The smallest absolute Gasteiger partial charge is 0.241 e. The van der Waals surface area contributed by atoms with Crippen molar-refractivity contribution in [2.75, 3.05) is 27.2 Å². The number of benzene rings is 1. The highest BCUT2D eigenvalue weighted by atomic mass is 127. The third-order valence-corrected chi connectivity index (χ3v) is 3.94. The van der Waals surface area contributed by atoms with Crippen molar-refractivity contribution in [3.8, 4) is 11.3 Å². The van der Waals surface area contributed by atoms with Gasteiger partial charge in [0, 0.05) is 45.0 Å². The molecule has 0 aliphatic rings. The van der Waals surface area contributed by atoms with E-state index in [1.807, 2.05) is 43.6 Å². The Morgan fingerprint density at radius 1 is 1.21 bits per heavy atom. The number of nitrogens with zero attached hydrogens (tertiary/aromatic N) is 4. The maximum Gasteiger partial charge on any atom is 0.241 e. The number of aromatic nitrogens is 2. The van der Waals surface area contributed by atoms with Crippen molar-refractivity contribution < 1.29 is 4.79 Å². The van der Waals surface area contributed by atoms with Gasteiger partial charge in [-0.1, -0.05) is 44.2 Å². The molecular weight excluding hydrogens is 467 g/mol. The lowest BCUT2D eigenvalue weighted by molar-refractivity contribution is -0.127. The van der Waals surface area contributed by atoms with Crippen LogP contribution in [0.4, 0.5) is 0 Å². The summed E-state index contributed by atoms with van der Waals surface area (Å²) in [5, 5.41) is 11.0. The summed E-state index contributed by atoms with van der Waals surface area (Å²) in [5.74, 6) is 1.10. The van der Waals surface area contributed by atoms with Gasteiger partial charge in [0.1, 0.15) is 0 Å².